The van der Waals surface area contributed by atoms with Crippen LogP contribution >= 0.6 is 22.9 Å². The van der Waals surface area contributed by atoms with E-state index in [9.17, 15) is 0 Å². The van der Waals surface area contributed by atoms with Crippen LogP contribution in [0.2, 0.25) is 5.02 Å². The Hall–Kier alpha value is -2.48. The molecule has 2 aromatic carbocycles. The van der Waals surface area contributed by atoms with Crippen LogP contribution in [-0.4, -0.2) is 33.5 Å². The maximum atomic E-state index is 6.19. The lowest BCUT2D eigenvalue weighted by Crippen LogP contribution is -2.01. The Balaban J connectivity index is 1.54. The third-order valence-electron chi connectivity index (χ3n) is 4.02. The molecule has 4 aromatic rings. The minimum atomic E-state index is 0.412. The maximum Gasteiger partial charge on any atom is 0.234 e. The van der Waals surface area contributed by atoms with Gasteiger partial charge in [-0.1, -0.05) is 53.3 Å². The molecule has 0 atom stereocenters. The first-order valence-corrected chi connectivity index (χ1v) is 9.61. The summed E-state index contributed by atoms with van der Waals surface area (Å²) in [5, 5.41) is 14.6. The number of ether oxygens (including phenoxy) is 2. The first kappa shape index (κ1) is 17.9. The van der Waals surface area contributed by atoms with Gasteiger partial charge >= 0.3 is 0 Å². The summed E-state index contributed by atoms with van der Waals surface area (Å²) in [6.45, 7) is 0.994. The molecule has 138 valence electrons. The molecule has 0 saturated heterocycles. The lowest BCUT2D eigenvalue weighted by molar-refractivity contribution is 0.200. The molecule has 0 bridgehead atoms. The predicted molar refractivity (Wildman–Crippen MR) is 105 cm³/mol. The third kappa shape index (κ3) is 3.95. The van der Waals surface area contributed by atoms with Crippen LogP contribution in [0.3, 0.4) is 0 Å². The topological polar surface area (TPSA) is 61.5 Å². The number of hydrogen-bond donors (Lipinski definition) is 0. The van der Waals surface area contributed by atoms with Crippen molar-refractivity contribution in [1.82, 2.24) is 19.8 Å². The quantitative estimate of drug-likeness (QED) is 0.463. The normalized spacial score (nSPS) is 11.2. The summed E-state index contributed by atoms with van der Waals surface area (Å²) in [7, 11) is 1.67. The highest BCUT2D eigenvalue weighted by atomic mass is 35.5. The Bertz CT molecular complexity index is 1060. The molecule has 2 aromatic heterocycles. The highest BCUT2D eigenvalue weighted by Crippen LogP contribution is 2.29. The van der Waals surface area contributed by atoms with Crippen LogP contribution in [0.5, 0.6) is 5.75 Å². The number of benzene rings is 2. The second kappa shape index (κ2) is 8.04. The van der Waals surface area contributed by atoms with Gasteiger partial charge in [-0.25, -0.2) is 0 Å². The van der Waals surface area contributed by atoms with E-state index >= 15 is 0 Å². The van der Waals surface area contributed by atoms with Gasteiger partial charge in [-0.2, -0.15) is 9.61 Å². The Labute approximate surface area is 165 Å². The molecule has 0 fully saturated rings. The van der Waals surface area contributed by atoms with Crippen molar-refractivity contribution in [2.75, 3.05) is 13.7 Å². The van der Waals surface area contributed by atoms with E-state index in [1.54, 1.807) is 11.6 Å². The molecule has 0 aliphatic rings. The van der Waals surface area contributed by atoms with Crippen molar-refractivity contribution >= 4 is 27.9 Å². The highest BCUT2D eigenvalue weighted by molar-refractivity contribution is 7.19. The van der Waals surface area contributed by atoms with Crippen LogP contribution in [0.1, 0.15) is 11.4 Å². The zero-order valence-electron chi connectivity index (χ0n) is 14.6. The average Bonchev–Trinajstić information content (AvgIpc) is 3.27. The molecule has 0 amide bonds. The summed E-state index contributed by atoms with van der Waals surface area (Å²) in [5.74, 6) is 1.55. The summed E-state index contributed by atoms with van der Waals surface area (Å²) in [4.78, 5) is 0.762. The summed E-state index contributed by atoms with van der Waals surface area (Å²) >= 11 is 7.68. The Morgan fingerprint density at radius 3 is 2.85 bits per heavy atom. The predicted octanol–water partition coefficient (Wildman–Crippen LogP) is 4.27. The molecule has 0 radical (unpaired) electrons. The van der Waals surface area contributed by atoms with Crippen molar-refractivity contribution in [3.8, 4) is 16.3 Å². The zero-order valence-corrected chi connectivity index (χ0v) is 16.2. The van der Waals surface area contributed by atoms with Crippen LogP contribution in [-0.2, 0) is 17.8 Å². The molecule has 6 nitrogen and oxygen atoms in total. The number of nitrogens with zero attached hydrogens (tertiary/aromatic N) is 4. The van der Waals surface area contributed by atoms with E-state index < -0.39 is 0 Å². The number of fused-ring (bicyclic) bond motifs is 1. The van der Waals surface area contributed by atoms with Gasteiger partial charge in [0.2, 0.25) is 4.96 Å². The lowest BCUT2D eigenvalue weighted by Gasteiger charge is -2.08. The first-order valence-electron chi connectivity index (χ1n) is 8.41. The minimum absolute atomic E-state index is 0.412. The fourth-order valence-corrected chi connectivity index (χ4v) is 3.66. The SMILES string of the molecule is COCCc1nnc2sc(-c3cccc(OCc4ccccc4Cl)c3)nn12. The standard InChI is InChI=1S/C19H17ClN4O2S/c1-25-10-9-17-21-22-19-24(17)23-18(27-19)13-6-4-7-15(11-13)26-12-14-5-2-3-8-16(14)20/h2-8,11H,9-10,12H2,1H3. The number of methoxy groups -OCH3 is 1. The van der Waals surface area contributed by atoms with E-state index in [-0.39, 0.29) is 0 Å². The molecular weight excluding hydrogens is 384 g/mol. The molecule has 0 aliphatic carbocycles. The van der Waals surface area contributed by atoms with Crippen LogP contribution in [0.25, 0.3) is 15.5 Å². The molecule has 27 heavy (non-hydrogen) atoms. The van der Waals surface area contributed by atoms with Crippen LogP contribution in [0, 0.1) is 0 Å². The molecule has 8 heteroatoms. The fourth-order valence-electron chi connectivity index (χ4n) is 2.62. The van der Waals surface area contributed by atoms with E-state index in [0.717, 1.165) is 32.7 Å². The minimum Gasteiger partial charge on any atom is -0.489 e. The van der Waals surface area contributed by atoms with Gasteiger partial charge in [0.15, 0.2) is 5.82 Å². The smallest absolute Gasteiger partial charge is 0.234 e. The molecule has 2 heterocycles. The monoisotopic (exact) mass is 400 g/mol. The van der Waals surface area contributed by atoms with Gasteiger partial charge in [0.25, 0.3) is 0 Å². The molecule has 0 unspecified atom stereocenters. The summed E-state index contributed by atoms with van der Waals surface area (Å²) in [6, 6.07) is 15.5. The van der Waals surface area contributed by atoms with Gasteiger partial charge in [0, 0.05) is 29.7 Å². The molecule has 0 aliphatic heterocycles. The van der Waals surface area contributed by atoms with Gasteiger partial charge in [-0.15, -0.1) is 10.2 Å². The Kier molecular flexibility index (Phi) is 5.33. The highest BCUT2D eigenvalue weighted by Gasteiger charge is 2.13. The van der Waals surface area contributed by atoms with Gasteiger partial charge in [-0.05, 0) is 18.2 Å². The number of hydrogen-bond acceptors (Lipinski definition) is 6. The summed E-state index contributed by atoms with van der Waals surface area (Å²) < 4.78 is 12.8. The van der Waals surface area contributed by atoms with Crippen molar-refractivity contribution < 1.29 is 9.47 Å². The van der Waals surface area contributed by atoms with E-state index in [1.807, 2.05) is 48.5 Å². The van der Waals surface area contributed by atoms with Crippen molar-refractivity contribution in [3.63, 3.8) is 0 Å². The van der Waals surface area contributed by atoms with Gasteiger partial charge in [-0.3, -0.25) is 0 Å². The van der Waals surface area contributed by atoms with E-state index in [2.05, 4.69) is 15.3 Å². The van der Waals surface area contributed by atoms with E-state index in [0.29, 0.717) is 24.7 Å². The Morgan fingerprint density at radius 2 is 2.00 bits per heavy atom. The molecule has 0 spiro atoms. The zero-order chi connectivity index (χ0) is 18.6. The fraction of sp³-hybridized carbons (Fsp3) is 0.211. The van der Waals surface area contributed by atoms with Crippen LogP contribution in [0.15, 0.2) is 48.5 Å². The number of halogens is 1. The van der Waals surface area contributed by atoms with Gasteiger partial charge in [0.05, 0.1) is 6.61 Å². The lowest BCUT2D eigenvalue weighted by atomic mass is 10.2. The van der Waals surface area contributed by atoms with E-state index in [4.69, 9.17) is 21.1 Å². The maximum absolute atomic E-state index is 6.19. The van der Waals surface area contributed by atoms with Crippen molar-refractivity contribution in [2.45, 2.75) is 13.0 Å². The average molecular weight is 401 g/mol. The van der Waals surface area contributed by atoms with Crippen molar-refractivity contribution in [2.24, 2.45) is 0 Å². The molecule has 0 N–H and O–H groups in total. The first-order chi connectivity index (χ1) is 13.2. The van der Waals surface area contributed by atoms with Crippen molar-refractivity contribution in [1.29, 1.82) is 0 Å². The second-order valence-corrected chi connectivity index (χ2v) is 7.23. The largest absolute Gasteiger partial charge is 0.489 e. The van der Waals surface area contributed by atoms with Gasteiger partial charge in [0.1, 0.15) is 17.4 Å². The Morgan fingerprint density at radius 1 is 1.11 bits per heavy atom. The van der Waals surface area contributed by atoms with E-state index in [1.165, 1.54) is 11.3 Å². The van der Waals surface area contributed by atoms with Crippen molar-refractivity contribution in [3.05, 3.63) is 64.9 Å². The second-order valence-electron chi connectivity index (χ2n) is 5.87. The van der Waals surface area contributed by atoms with Gasteiger partial charge < -0.3 is 9.47 Å². The summed E-state index contributed by atoms with van der Waals surface area (Å²) in [5.41, 5.74) is 1.92. The number of aromatic nitrogens is 4. The third-order valence-corrected chi connectivity index (χ3v) is 5.33. The summed E-state index contributed by atoms with van der Waals surface area (Å²) in [6.07, 6.45) is 0.668. The van der Waals surface area contributed by atoms with Crippen LogP contribution < -0.4 is 4.74 Å². The molecule has 4 rings (SSSR count). The molecule has 0 saturated carbocycles. The van der Waals surface area contributed by atoms with Crippen LogP contribution in [0.4, 0.5) is 0 Å². The molecular formula is C19H17ClN4O2S. The number of rotatable bonds is 7.